The Kier molecular flexibility index (Phi) is 8.13. The predicted molar refractivity (Wildman–Crippen MR) is 130 cm³/mol. The van der Waals surface area contributed by atoms with Crippen LogP contribution in [0.3, 0.4) is 0 Å². The number of benzene rings is 2. The van der Waals surface area contributed by atoms with Crippen molar-refractivity contribution in [3.05, 3.63) is 60.7 Å². The van der Waals surface area contributed by atoms with E-state index in [4.69, 9.17) is 5.14 Å². The van der Waals surface area contributed by atoms with Crippen LogP contribution in [0.25, 0.3) is 0 Å². The number of carbonyl (C=O) groups excluding carboxylic acids is 2. The molecule has 0 bridgehead atoms. The van der Waals surface area contributed by atoms with Crippen molar-refractivity contribution in [2.45, 2.75) is 34.8 Å². The van der Waals surface area contributed by atoms with Gasteiger partial charge in [0, 0.05) is 16.3 Å². The quantitative estimate of drug-likeness (QED) is 0.319. The number of aliphatic carboxylic acids is 1. The number of hydrogen-bond donors (Lipinski definition) is 4. The van der Waals surface area contributed by atoms with Gasteiger partial charge in [0.15, 0.2) is 0 Å². The molecule has 0 radical (unpaired) electrons. The minimum atomic E-state index is -3.81. The Labute approximate surface area is 201 Å². The molecule has 3 atom stereocenters. The van der Waals surface area contributed by atoms with Crippen LogP contribution in [0.2, 0.25) is 0 Å². The molecule has 3 rings (SSSR count). The van der Waals surface area contributed by atoms with Gasteiger partial charge in [0.25, 0.3) is 0 Å². The van der Waals surface area contributed by atoms with Crippen LogP contribution in [0.4, 0.5) is 11.4 Å². The van der Waals surface area contributed by atoms with Gasteiger partial charge in [-0.05, 0) is 62.2 Å². The van der Waals surface area contributed by atoms with Gasteiger partial charge in [-0.3, -0.25) is 14.4 Å². The van der Waals surface area contributed by atoms with Crippen molar-refractivity contribution in [1.29, 1.82) is 0 Å². The number of sulfonamides is 1. The number of rotatable bonds is 8. The van der Waals surface area contributed by atoms with E-state index in [1.54, 1.807) is 37.3 Å². The molecule has 2 aromatic rings. The standard InChI is InChI=1S/C23H25N3O6S2/c1-14(21(27)25-15-9-11-18(12-10-15)34(24,31)32)33-17-6-4-5-16(13-17)26-22(28)19-7-2-3-8-20(19)23(29)30/h2-6,9-14,19-20H,7-8H2,1H3,(H,25,27)(H,26,28)(H,29,30)(H2,24,31,32). The zero-order chi connectivity index (χ0) is 24.9. The van der Waals surface area contributed by atoms with E-state index in [-0.39, 0.29) is 16.7 Å². The lowest BCUT2D eigenvalue weighted by molar-refractivity contribution is -0.146. The molecule has 0 aliphatic heterocycles. The molecule has 0 fully saturated rings. The molecule has 0 saturated carbocycles. The monoisotopic (exact) mass is 503 g/mol. The van der Waals surface area contributed by atoms with Crippen molar-refractivity contribution >= 4 is 50.9 Å². The molecule has 2 amide bonds. The number of hydrogen-bond acceptors (Lipinski definition) is 6. The first-order chi connectivity index (χ1) is 16.0. The molecular weight excluding hydrogens is 478 g/mol. The van der Waals surface area contributed by atoms with Crippen LogP contribution in [0, 0.1) is 11.8 Å². The summed E-state index contributed by atoms with van der Waals surface area (Å²) in [5, 5.41) is 19.5. The molecule has 180 valence electrons. The van der Waals surface area contributed by atoms with E-state index in [0.717, 1.165) is 4.90 Å². The second kappa shape index (κ2) is 10.9. The summed E-state index contributed by atoms with van der Waals surface area (Å²) in [6, 6.07) is 12.5. The molecule has 0 heterocycles. The topological polar surface area (TPSA) is 156 Å². The first kappa shape index (κ1) is 25.5. The van der Waals surface area contributed by atoms with Gasteiger partial charge in [-0.25, -0.2) is 13.6 Å². The molecule has 0 spiro atoms. The van der Waals surface area contributed by atoms with E-state index >= 15 is 0 Å². The third-order valence-electron chi connectivity index (χ3n) is 5.32. The summed E-state index contributed by atoms with van der Waals surface area (Å²) in [6.45, 7) is 1.72. The Morgan fingerprint density at radius 2 is 1.65 bits per heavy atom. The van der Waals surface area contributed by atoms with E-state index in [2.05, 4.69) is 10.6 Å². The fraction of sp³-hybridized carbons (Fsp3) is 0.261. The minimum absolute atomic E-state index is 0.0503. The molecule has 1 aliphatic carbocycles. The fourth-order valence-corrected chi connectivity index (χ4v) is 4.93. The largest absolute Gasteiger partial charge is 0.481 e. The number of anilines is 2. The summed E-state index contributed by atoms with van der Waals surface area (Å²) in [6.07, 6.45) is 4.28. The second-order valence-electron chi connectivity index (χ2n) is 7.83. The Morgan fingerprint density at radius 3 is 2.26 bits per heavy atom. The molecule has 3 unspecified atom stereocenters. The Balaban J connectivity index is 1.61. The first-order valence-electron chi connectivity index (χ1n) is 10.4. The van der Waals surface area contributed by atoms with Crippen LogP contribution in [-0.4, -0.2) is 36.6 Å². The van der Waals surface area contributed by atoms with Crippen molar-refractivity contribution in [2.24, 2.45) is 17.0 Å². The number of nitrogens with one attached hydrogen (secondary N) is 2. The Bertz CT molecular complexity index is 1210. The molecule has 11 heteroatoms. The van der Waals surface area contributed by atoms with Gasteiger partial charge in [-0.15, -0.1) is 11.8 Å². The van der Waals surface area contributed by atoms with Crippen LogP contribution < -0.4 is 15.8 Å². The maximum Gasteiger partial charge on any atom is 0.307 e. The smallest absolute Gasteiger partial charge is 0.307 e. The van der Waals surface area contributed by atoms with Crippen molar-refractivity contribution in [3.8, 4) is 0 Å². The Morgan fingerprint density at radius 1 is 1.00 bits per heavy atom. The first-order valence-corrected chi connectivity index (χ1v) is 12.9. The molecule has 1 aliphatic rings. The van der Waals surface area contributed by atoms with Crippen LogP contribution in [-0.2, 0) is 24.4 Å². The normalized spacial score (nSPS) is 18.6. The zero-order valence-electron chi connectivity index (χ0n) is 18.3. The zero-order valence-corrected chi connectivity index (χ0v) is 19.9. The highest BCUT2D eigenvalue weighted by atomic mass is 32.2. The van der Waals surface area contributed by atoms with E-state index in [1.807, 2.05) is 6.08 Å². The van der Waals surface area contributed by atoms with Crippen LogP contribution in [0.15, 0.2) is 70.5 Å². The number of primary sulfonamides is 1. The lowest BCUT2D eigenvalue weighted by atomic mass is 9.82. The van der Waals surface area contributed by atoms with Gasteiger partial charge in [0.2, 0.25) is 21.8 Å². The third kappa shape index (κ3) is 6.69. The maximum absolute atomic E-state index is 12.7. The average molecular weight is 504 g/mol. The molecule has 34 heavy (non-hydrogen) atoms. The summed E-state index contributed by atoms with van der Waals surface area (Å²) in [4.78, 5) is 37.4. The molecule has 9 nitrogen and oxygen atoms in total. The molecule has 0 saturated heterocycles. The molecule has 5 N–H and O–H groups in total. The van der Waals surface area contributed by atoms with E-state index in [1.165, 1.54) is 36.0 Å². The van der Waals surface area contributed by atoms with Gasteiger partial charge < -0.3 is 15.7 Å². The number of carboxylic acids is 1. The average Bonchev–Trinajstić information content (AvgIpc) is 2.79. The highest BCUT2D eigenvalue weighted by Gasteiger charge is 2.34. The Hall–Kier alpha value is -3.15. The fourth-order valence-electron chi connectivity index (χ4n) is 3.49. The number of nitrogens with two attached hydrogens (primary N) is 1. The second-order valence-corrected chi connectivity index (χ2v) is 10.8. The van der Waals surface area contributed by atoms with Gasteiger partial charge >= 0.3 is 5.97 Å². The van der Waals surface area contributed by atoms with Crippen molar-refractivity contribution in [1.82, 2.24) is 0 Å². The summed E-state index contributed by atoms with van der Waals surface area (Å²) in [5.74, 6) is -3.05. The molecular formula is C23H25N3O6S2. The number of carboxylic acid groups (broad SMARTS) is 1. The van der Waals surface area contributed by atoms with Crippen LogP contribution >= 0.6 is 11.8 Å². The summed E-state index contributed by atoms with van der Waals surface area (Å²) in [5.41, 5.74) is 0.945. The van der Waals surface area contributed by atoms with Crippen LogP contribution in [0.1, 0.15) is 19.8 Å². The lowest BCUT2D eigenvalue weighted by Crippen LogP contribution is -2.34. The maximum atomic E-state index is 12.7. The molecule has 0 aromatic heterocycles. The number of carbonyl (C=O) groups is 3. The van der Waals surface area contributed by atoms with E-state index in [0.29, 0.717) is 24.2 Å². The van der Waals surface area contributed by atoms with E-state index < -0.39 is 33.1 Å². The van der Waals surface area contributed by atoms with Crippen LogP contribution in [0.5, 0.6) is 0 Å². The predicted octanol–water partition coefficient (Wildman–Crippen LogP) is 3.06. The summed E-state index contributed by atoms with van der Waals surface area (Å²) < 4.78 is 22.7. The van der Waals surface area contributed by atoms with Gasteiger partial charge in [-0.2, -0.15) is 0 Å². The summed E-state index contributed by atoms with van der Waals surface area (Å²) >= 11 is 1.28. The van der Waals surface area contributed by atoms with Crippen molar-refractivity contribution in [3.63, 3.8) is 0 Å². The highest BCUT2D eigenvalue weighted by molar-refractivity contribution is 8.00. The number of allylic oxidation sites excluding steroid dienone is 2. The van der Waals surface area contributed by atoms with Crippen molar-refractivity contribution in [2.75, 3.05) is 10.6 Å². The van der Waals surface area contributed by atoms with Crippen molar-refractivity contribution < 1.29 is 27.9 Å². The van der Waals surface area contributed by atoms with Gasteiger partial charge in [-0.1, -0.05) is 18.2 Å². The number of amides is 2. The SMILES string of the molecule is CC(Sc1cccc(NC(=O)C2CC=CCC2C(=O)O)c1)C(=O)Nc1ccc(S(N)(=O)=O)cc1. The highest BCUT2D eigenvalue weighted by Crippen LogP contribution is 2.29. The van der Waals surface area contributed by atoms with E-state index in [9.17, 15) is 27.9 Å². The number of thioether (sulfide) groups is 1. The van der Waals surface area contributed by atoms with Gasteiger partial charge in [0.05, 0.1) is 22.0 Å². The third-order valence-corrected chi connectivity index (χ3v) is 7.34. The molecule has 2 aromatic carbocycles. The summed E-state index contributed by atoms with van der Waals surface area (Å²) in [7, 11) is -3.81. The van der Waals surface area contributed by atoms with Gasteiger partial charge in [0.1, 0.15) is 0 Å². The minimum Gasteiger partial charge on any atom is -0.481 e. The lowest BCUT2D eigenvalue weighted by Gasteiger charge is -2.24.